The van der Waals surface area contributed by atoms with Gasteiger partial charge < -0.3 is 10.1 Å². The number of nitrogens with zero attached hydrogens (tertiary/aromatic N) is 3. The van der Waals surface area contributed by atoms with Crippen LogP contribution in [0.3, 0.4) is 0 Å². The fraction of sp³-hybridized carbons (Fsp3) is 0.292. The lowest BCUT2D eigenvalue weighted by Gasteiger charge is -2.16. The Labute approximate surface area is 200 Å². The standard InChI is InChI=1S/C24H25F3N4O2S/c1-4-13-31-22(16(3)33-20-11-9-17(5-2)10-12-20)29-30-23(31)34-15-21(32)28-19-8-6-7-18(14-19)24(25,26)27/h4,6-12,14,16H,1,5,13,15H2,2-3H3,(H,28,32). The monoisotopic (exact) mass is 490 g/mol. The molecule has 180 valence electrons. The van der Waals surface area contributed by atoms with E-state index in [-0.39, 0.29) is 11.4 Å². The molecule has 1 atom stereocenters. The molecule has 0 saturated carbocycles. The molecule has 1 heterocycles. The van der Waals surface area contributed by atoms with Crippen LogP contribution in [-0.4, -0.2) is 26.4 Å². The highest BCUT2D eigenvalue weighted by molar-refractivity contribution is 7.99. The molecule has 1 amide bonds. The number of ether oxygens (including phenoxy) is 1. The summed E-state index contributed by atoms with van der Waals surface area (Å²) in [4.78, 5) is 12.3. The van der Waals surface area contributed by atoms with E-state index < -0.39 is 23.8 Å². The molecular formula is C24H25F3N4O2S. The number of aryl methyl sites for hydroxylation is 1. The second-order valence-corrected chi connectivity index (χ2v) is 8.36. The first-order chi connectivity index (χ1) is 16.2. The highest BCUT2D eigenvalue weighted by Gasteiger charge is 2.30. The number of carbonyl (C=O) groups excluding carboxylic acids is 1. The van der Waals surface area contributed by atoms with Gasteiger partial charge in [0.25, 0.3) is 0 Å². The van der Waals surface area contributed by atoms with Gasteiger partial charge in [-0.15, -0.1) is 16.8 Å². The van der Waals surface area contributed by atoms with Gasteiger partial charge >= 0.3 is 6.18 Å². The minimum atomic E-state index is -4.48. The molecule has 3 rings (SSSR count). The molecule has 3 aromatic rings. The smallest absolute Gasteiger partial charge is 0.416 e. The van der Waals surface area contributed by atoms with Gasteiger partial charge in [-0.3, -0.25) is 9.36 Å². The van der Waals surface area contributed by atoms with E-state index in [1.165, 1.54) is 17.7 Å². The number of allylic oxidation sites excluding steroid dienone is 1. The van der Waals surface area contributed by atoms with Crippen molar-refractivity contribution in [3.8, 4) is 5.75 Å². The fourth-order valence-electron chi connectivity index (χ4n) is 3.17. The Hall–Kier alpha value is -3.27. The molecule has 0 aliphatic carbocycles. The van der Waals surface area contributed by atoms with E-state index in [9.17, 15) is 18.0 Å². The third-order valence-electron chi connectivity index (χ3n) is 4.87. The van der Waals surface area contributed by atoms with Crippen molar-refractivity contribution >= 4 is 23.4 Å². The largest absolute Gasteiger partial charge is 0.483 e. The lowest BCUT2D eigenvalue weighted by atomic mass is 10.2. The van der Waals surface area contributed by atoms with E-state index in [4.69, 9.17) is 4.74 Å². The number of amides is 1. The van der Waals surface area contributed by atoms with Crippen molar-refractivity contribution in [2.75, 3.05) is 11.1 Å². The van der Waals surface area contributed by atoms with Gasteiger partial charge in [-0.2, -0.15) is 13.2 Å². The average Bonchev–Trinajstić information content (AvgIpc) is 3.21. The molecule has 0 aliphatic heterocycles. The number of hydrogen-bond donors (Lipinski definition) is 1. The minimum absolute atomic E-state index is 0.0563. The van der Waals surface area contributed by atoms with Gasteiger partial charge in [-0.05, 0) is 49.2 Å². The number of aromatic nitrogens is 3. The fourth-order valence-corrected chi connectivity index (χ4v) is 3.92. The zero-order valence-corrected chi connectivity index (χ0v) is 19.6. The lowest BCUT2D eigenvalue weighted by Crippen LogP contribution is -2.16. The predicted octanol–water partition coefficient (Wildman–Crippen LogP) is 5.92. The number of alkyl halides is 3. The maximum Gasteiger partial charge on any atom is 0.416 e. The zero-order chi connectivity index (χ0) is 24.7. The van der Waals surface area contributed by atoms with Gasteiger partial charge in [0.05, 0.1) is 11.3 Å². The normalized spacial score (nSPS) is 12.3. The molecule has 1 unspecified atom stereocenters. The number of anilines is 1. The molecule has 0 bridgehead atoms. The van der Waals surface area contributed by atoms with Crippen molar-refractivity contribution in [1.29, 1.82) is 0 Å². The topological polar surface area (TPSA) is 69.0 Å². The van der Waals surface area contributed by atoms with Gasteiger partial charge in [0.2, 0.25) is 5.91 Å². The number of halogens is 3. The average molecular weight is 491 g/mol. The van der Waals surface area contributed by atoms with Crippen molar-refractivity contribution in [3.63, 3.8) is 0 Å². The SMILES string of the molecule is C=CCn1c(SCC(=O)Nc2cccc(C(F)(F)F)c2)nnc1C(C)Oc1ccc(CC)cc1. The second kappa shape index (κ2) is 11.2. The molecule has 0 saturated heterocycles. The van der Waals surface area contributed by atoms with Crippen molar-refractivity contribution in [3.05, 3.63) is 78.1 Å². The van der Waals surface area contributed by atoms with Crippen molar-refractivity contribution in [2.45, 2.75) is 44.2 Å². The number of carbonyl (C=O) groups is 1. The maximum atomic E-state index is 12.9. The number of hydrogen-bond acceptors (Lipinski definition) is 5. The number of nitrogens with one attached hydrogen (secondary N) is 1. The third kappa shape index (κ3) is 6.63. The Balaban J connectivity index is 1.65. The van der Waals surface area contributed by atoms with Crippen molar-refractivity contribution in [1.82, 2.24) is 14.8 Å². The first-order valence-corrected chi connectivity index (χ1v) is 11.6. The maximum absolute atomic E-state index is 12.9. The summed E-state index contributed by atoms with van der Waals surface area (Å²) < 4.78 is 46.4. The van der Waals surface area contributed by atoms with Gasteiger partial charge in [0.15, 0.2) is 17.1 Å². The molecule has 1 N–H and O–H groups in total. The second-order valence-electron chi connectivity index (χ2n) is 7.41. The summed E-state index contributed by atoms with van der Waals surface area (Å²) in [6.45, 7) is 8.10. The summed E-state index contributed by atoms with van der Waals surface area (Å²) in [5.74, 6) is 0.756. The van der Waals surface area contributed by atoms with Gasteiger partial charge in [-0.25, -0.2) is 0 Å². The Kier molecular flexibility index (Phi) is 8.38. The zero-order valence-electron chi connectivity index (χ0n) is 18.8. The van der Waals surface area contributed by atoms with Crippen LogP contribution in [0.4, 0.5) is 18.9 Å². The van der Waals surface area contributed by atoms with Crippen LogP contribution in [0, 0.1) is 0 Å². The van der Waals surface area contributed by atoms with E-state index in [0.29, 0.717) is 23.3 Å². The van der Waals surface area contributed by atoms with Crippen molar-refractivity contribution in [2.24, 2.45) is 0 Å². The minimum Gasteiger partial charge on any atom is -0.483 e. The Morgan fingerprint density at radius 3 is 2.62 bits per heavy atom. The Bertz CT molecular complexity index is 1130. The van der Waals surface area contributed by atoms with E-state index in [0.717, 1.165) is 30.3 Å². The molecule has 1 aromatic heterocycles. The van der Waals surface area contributed by atoms with Crippen LogP contribution in [0.25, 0.3) is 0 Å². The highest BCUT2D eigenvalue weighted by Crippen LogP contribution is 2.31. The summed E-state index contributed by atoms with van der Waals surface area (Å²) in [6, 6.07) is 12.3. The van der Waals surface area contributed by atoms with E-state index in [1.54, 1.807) is 10.6 Å². The predicted molar refractivity (Wildman–Crippen MR) is 126 cm³/mol. The molecule has 6 nitrogen and oxygen atoms in total. The summed E-state index contributed by atoms with van der Waals surface area (Å²) in [5.41, 5.74) is 0.452. The summed E-state index contributed by atoms with van der Waals surface area (Å²) in [6.07, 6.45) is -2.27. The highest BCUT2D eigenvalue weighted by atomic mass is 32.2. The molecule has 0 fully saturated rings. The third-order valence-corrected chi connectivity index (χ3v) is 5.84. The van der Waals surface area contributed by atoms with Crippen LogP contribution in [0.15, 0.2) is 66.3 Å². The van der Waals surface area contributed by atoms with Crippen LogP contribution in [0.5, 0.6) is 5.75 Å². The quantitative estimate of drug-likeness (QED) is 0.282. The van der Waals surface area contributed by atoms with Crippen LogP contribution < -0.4 is 10.1 Å². The van der Waals surface area contributed by atoms with Crippen LogP contribution in [0.1, 0.15) is 36.9 Å². The molecule has 34 heavy (non-hydrogen) atoms. The molecule has 0 aliphatic rings. The Morgan fingerprint density at radius 2 is 1.97 bits per heavy atom. The molecular weight excluding hydrogens is 465 g/mol. The number of thioether (sulfide) groups is 1. The lowest BCUT2D eigenvalue weighted by molar-refractivity contribution is -0.137. The van der Waals surface area contributed by atoms with E-state index in [1.807, 2.05) is 31.2 Å². The van der Waals surface area contributed by atoms with Gasteiger partial charge in [-0.1, -0.05) is 43.0 Å². The molecule has 2 aromatic carbocycles. The van der Waals surface area contributed by atoms with Crippen molar-refractivity contribution < 1.29 is 22.7 Å². The van der Waals surface area contributed by atoms with E-state index in [2.05, 4.69) is 29.0 Å². The number of benzene rings is 2. The first-order valence-electron chi connectivity index (χ1n) is 10.6. The van der Waals surface area contributed by atoms with Crippen LogP contribution in [-0.2, 0) is 23.9 Å². The van der Waals surface area contributed by atoms with Crippen LogP contribution >= 0.6 is 11.8 Å². The van der Waals surface area contributed by atoms with Crippen LogP contribution in [0.2, 0.25) is 0 Å². The molecule has 0 spiro atoms. The molecule has 10 heteroatoms. The van der Waals surface area contributed by atoms with Gasteiger partial charge in [0, 0.05) is 12.2 Å². The van der Waals surface area contributed by atoms with Gasteiger partial charge in [0.1, 0.15) is 5.75 Å². The Morgan fingerprint density at radius 1 is 1.24 bits per heavy atom. The number of rotatable bonds is 10. The molecule has 0 radical (unpaired) electrons. The van der Waals surface area contributed by atoms with E-state index >= 15 is 0 Å². The summed E-state index contributed by atoms with van der Waals surface area (Å²) >= 11 is 1.13. The first kappa shape index (κ1) is 25.4. The summed E-state index contributed by atoms with van der Waals surface area (Å²) in [7, 11) is 0. The summed E-state index contributed by atoms with van der Waals surface area (Å²) in [5, 5.41) is 11.4.